The normalized spacial score (nSPS) is 10.4. The van der Waals surface area contributed by atoms with Crippen LogP contribution in [0.2, 0.25) is 0 Å². The van der Waals surface area contributed by atoms with E-state index in [1.165, 1.54) is 0 Å². The molecule has 0 atom stereocenters. The summed E-state index contributed by atoms with van der Waals surface area (Å²) in [6.07, 6.45) is 2.89. The van der Waals surface area contributed by atoms with Crippen LogP contribution in [0.4, 0.5) is 0 Å². The predicted octanol–water partition coefficient (Wildman–Crippen LogP) is 3.32. The Bertz CT molecular complexity index is 358. The highest BCUT2D eigenvalue weighted by molar-refractivity contribution is 5.81. The minimum absolute atomic E-state index is 0.536. The van der Waals surface area contributed by atoms with Crippen LogP contribution in [0.5, 0.6) is 11.5 Å². The number of carbonyl (C=O) groups is 1. The number of carbonyl (C=O) groups excluding carboxylic acids is 1. The maximum Gasteiger partial charge on any atom is 0.171 e. The molecule has 1 aromatic rings. The largest absolute Gasteiger partial charge is 0.493 e. The molecule has 0 saturated heterocycles. The van der Waals surface area contributed by atoms with Crippen molar-refractivity contribution in [1.29, 1.82) is 0 Å². The van der Waals surface area contributed by atoms with Crippen LogP contribution in [0.3, 0.4) is 0 Å². The molecule has 0 bridgehead atoms. The first kappa shape index (κ1) is 13.6. The fourth-order valence-electron chi connectivity index (χ4n) is 1.61. The van der Waals surface area contributed by atoms with Crippen LogP contribution in [-0.4, -0.2) is 20.0 Å². The van der Waals surface area contributed by atoms with Crippen LogP contribution in [0.15, 0.2) is 18.2 Å². The van der Waals surface area contributed by atoms with E-state index >= 15 is 0 Å². The molecule has 0 heterocycles. The Kier molecular flexibility index (Phi) is 5.53. The van der Waals surface area contributed by atoms with Gasteiger partial charge in [-0.2, -0.15) is 0 Å². The van der Waals surface area contributed by atoms with Crippen LogP contribution in [0.25, 0.3) is 0 Å². The Labute approximate surface area is 103 Å². The second-order valence-corrected chi connectivity index (χ2v) is 4.38. The molecule has 0 unspecified atom stereocenters. The molecular formula is C14H20O3. The second-order valence-electron chi connectivity index (χ2n) is 4.38. The minimum Gasteiger partial charge on any atom is -0.493 e. The Morgan fingerprint density at radius 2 is 2.12 bits per heavy atom. The SMILES string of the molecule is COc1cccc(C=O)c1OCCCC(C)C. The average molecular weight is 236 g/mol. The summed E-state index contributed by atoms with van der Waals surface area (Å²) >= 11 is 0. The Morgan fingerprint density at radius 3 is 2.71 bits per heavy atom. The van der Waals surface area contributed by atoms with Gasteiger partial charge in [-0.1, -0.05) is 19.9 Å². The van der Waals surface area contributed by atoms with Gasteiger partial charge in [0.1, 0.15) is 0 Å². The lowest BCUT2D eigenvalue weighted by Crippen LogP contribution is -2.03. The number of para-hydroxylation sites is 1. The number of benzene rings is 1. The van der Waals surface area contributed by atoms with E-state index in [0.29, 0.717) is 29.6 Å². The summed E-state index contributed by atoms with van der Waals surface area (Å²) in [6, 6.07) is 5.31. The van der Waals surface area contributed by atoms with Crippen molar-refractivity contribution >= 4 is 6.29 Å². The van der Waals surface area contributed by atoms with Crippen molar-refractivity contribution in [2.45, 2.75) is 26.7 Å². The molecule has 0 aliphatic rings. The van der Waals surface area contributed by atoms with Gasteiger partial charge in [-0.25, -0.2) is 0 Å². The van der Waals surface area contributed by atoms with Crippen LogP contribution in [-0.2, 0) is 0 Å². The van der Waals surface area contributed by atoms with Gasteiger partial charge in [0.2, 0.25) is 0 Å². The molecule has 0 saturated carbocycles. The monoisotopic (exact) mass is 236 g/mol. The van der Waals surface area contributed by atoms with Gasteiger partial charge in [-0.05, 0) is 30.9 Å². The molecule has 0 amide bonds. The summed E-state index contributed by atoms with van der Waals surface area (Å²) in [7, 11) is 1.57. The molecule has 0 N–H and O–H groups in total. The van der Waals surface area contributed by atoms with E-state index in [-0.39, 0.29) is 0 Å². The Balaban J connectivity index is 2.64. The number of rotatable bonds is 7. The quantitative estimate of drug-likeness (QED) is 0.538. The summed E-state index contributed by atoms with van der Waals surface area (Å²) < 4.78 is 10.8. The molecule has 94 valence electrons. The summed E-state index contributed by atoms with van der Waals surface area (Å²) in [5.41, 5.74) is 0.536. The zero-order valence-corrected chi connectivity index (χ0v) is 10.7. The fourth-order valence-corrected chi connectivity index (χ4v) is 1.61. The second kappa shape index (κ2) is 6.94. The average Bonchev–Trinajstić information content (AvgIpc) is 2.34. The molecule has 0 spiro atoms. The topological polar surface area (TPSA) is 35.5 Å². The number of hydrogen-bond acceptors (Lipinski definition) is 3. The van der Waals surface area contributed by atoms with E-state index < -0.39 is 0 Å². The van der Waals surface area contributed by atoms with Gasteiger partial charge in [0.05, 0.1) is 19.3 Å². The standard InChI is InChI=1S/C14H20O3/c1-11(2)6-5-9-17-14-12(10-15)7-4-8-13(14)16-3/h4,7-8,10-11H,5-6,9H2,1-3H3. The van der Waals surface area contributed by atoms with Gasteiger partial charge >= 0.3 is 0 Å². The first-order valence-corrected chi connectivity index (χ1v) is 5.94. The van der Waals surface area contributed by atoms with E-state index in [0.717, 1.165) is 19.1 Å². The third-order valence-corrected chi connectivity index (χ3v) is 2.53. The first-order valence-electron chi connectivity index (χ1n) is 5.94. The third kappa shape index (κ3) is 4.10. The highest BCUT2D eigenvalue weighted by atomic mass is 16.5. The molecule has 1 aromatic carbocycles. The summed E-state index contributed by atoms with van der Waals surface area (Å²) in [5.74, 6) is 1.83. The van der Waals surface area contributed by atoms with Crippen molar-refractivity contribution < 1.29 is 14.3 Å². The van der Waals surface area contributed by atoms with Crippen LogP contribution in [0, 0.1) is 5.92 Å². The molecule has 17 heavy (non-hydrogen) atoms. The molecule has 3 nitrogen and oxygen atoms in total. The van der Waals surface area contributed by atoms with E-state index in [9.17, 15) is 4.79 Å². The molecule has 1 rings (SSSR count). The van der Waals surface area contributed by atoms with Gasteiger partial charge < -0.3 is 9.47 Å². The summed E-state index contributed by atoms with van der Waals surface area (Å²) in [6.45, 7) is 4.97. The molecule has 0 aliphatic heterocycles. The third-order valence-electron chi connectivity index (χ3n) is 2.53. The molecule has 0 radical (unpaired) electrons. The van der Waals surface area contributed by atoms with Gasteiger partial charge in [-0.3, -0.25) is 4.79 Å². The first-order chi connectivity index (χ1) is 8.19. The molecular weight excluding hydrogens is 216 g/mol. The van der Waals surface area contributed by atoms with Gasteiger partial charge in [0, 0.05) is 0 Å². The lowest BCUT2D eigenvalue weighted by Gasteiger charge is -2.12. The smallest absolute Gasteiger partial charge is 0.171 e. The molecule has 0 aromatic heterocycles. The maximum absolute atomic E-state index is 10.9. The number of hydrogen-bond donors (Lipinski definition) is 0. The highest BCUT2D eigenvalue weighted by Crippen LogP contribution is 2.30. The molecule has 0 fully saturated rings. The number of methoxy groups -OCH3 is 1. The van der Waals surface area contributed by atoms with E-state index in [1.807, 2.05) is 0 Å². The maximum atomic E-state index is 10.9. The van der Waals surface area contributed by atoms with Crippen molar-refractivity contribution in [1.82, 2.24) is 0 Å². The minimum atomic E-state index is 0.536. The fraction of sp³-hybridized carbons (Fsp3) is 0.500. The lowest BCUT2D eigenvalue weighted by molar-refractivity contribution is 0.111. The van der Waals surface area contributed by atoms with Crippen LogP contribution >= 0.6 is 0 Å². The number of ether oxygens (including phenoxy) is 2. The van der Waals surface area contributed by atoms with Crippen molar-refractivity contribution in [2.75, 3.05) is 13.7 Å². The molecule has 0 aliphatic carbocycles. The Hall–Kier alpha value is -1.51. The summed E-state index contributed by atoms with van der Waals surface area (Å²) in [4.78, 5) is 10.9. The van der Waals surface area contributed by atoms with E-state index in [4.69, 9.17) is 9.47 Å². The zero-order chi connectivity index (χ0) is 12.7. The van der Waals surface area contributed by atoms with Gasteiger partial charge in [0.15, 0.2) is 17.8 Å². The van der Waals surface area contributed by atoms with Crippen molar-refractivity contribution in [3.63, 3.8) is 0 Å². The predicted molar refractivity (Wildman–Crippen MR) is 67.9 cm³/mol. The number of aldehydes is 1. The molecule has 3 heteroatoms. The van der Waals surface area contributed by atoms with E-state index in [1.54, 1.807) is 25.3 Å². The van der Waals surface area contributed by atoms with Crippen molar-refractivity contribution in [2.24, 2.45) is 5.92 Å². The van der Waals surface area contributed by atoms with Gasteiger partial charge in [0.25, 0.3) is 0 Å². The highest BCUT2D eigenvalue weighted by Gasteiger charge is 2.09. The van der Waals surface area contributed by atoms with Crippen LogP contribution in [0.1, 0.15) is 37.0 Å². The Morgan fingerprint density at radius 1 is 1.35 bits per heavy atom. The van der Waals surface area contributed by atoms with E-state index in [2.05, 4.69) is 13.8 Å². The van der Waals surface area contributed by atoms with Crippen molar-refractivity contribution in [3.05, 3.63) is 23.8 Å². The van der Waals surface area contributed by atoms with Crippen LogP contribution < -0.4 is 9.47 Å². The summed E-state index contributed by atoms with van der Waals surface area (Å²) in [5, 5.41) is 0. The van der Waals surface area contributed by atoms with Crippen molar-refractivity contribution in [3.8, 4) is 11.5 Å². The lowest BCUT2D eigenvalue weighted by atomic mass is 10.1. The van der Waals surface area contributed by atoms with Gasteiger partial charge in [-0.15, -0.1) is 0 Å². The zero-order valence-electron chi connectivity index (χ0n) is 10.7.